The highest BCUT2D eigenvalue weighted by atomic mass is 16.5. The van der Waals surface area contributed by atoms with E-state index in [1.54, 1.807) is 17.3 Å². The minimum atomic E-state index is -0.0596. The van der Waals surface area contributed by atoms with Gasteiger partial charge in [0.15, 0.2) is 0 Å². The molecule has 1 unspecified atom stereocenters. The van der Waals surface area contributed by atoms with Gasteiger partial charge in [0.2, 0.25) is 11.8 Å². The number of nitrogens with zero attached hydrogens (tertiary/aromatic N) is 7. The fourth-order valence-electron chi connectivity index (χ4n) is 5.34. The molecule has 4 aromatic rings. The first-order chi connectivity index (χ1) is 19.0. The van der Waals surface area contributed by atoms with E-state index >= 15 is 0 Å². The summed E-state index contributed by atoms with van der Waals surface area (Å²) in [6.45, 7) is 9.59. The number of carbonyl (C=O) groups excluding carboxylic acids is 1. The van der Waals surface area contributed by atoms with E-state index in [1.807, 2.05) is 25.1 Å². The molecule has 2 saturated heterocycles. The minimum Gasteiger partial charge on any atom is -0.462 e. The number of rotatable bonds is 7. The van der Waals surface area contributed by atoms with Crippen molar-refractivity contribution in [3.8, 4) is 17.6 Å². The van der Waals surface area contributed by atoms with Gasteiger partial charge < -0.3 is 24.2 Å². The number of ether oxygens (including phenoxy) is 2. The van der Waals surface area contributed by atoms with Gasteiger partial charge in [-0.15, -0.1) is 0 Å². The molecule has 0 spiro atoms. The number of amides is 1. The number of carbonyl (C=O) groups is 1. The molecule has 3 aromatic heterocycles. The topological polar surface area (TPSA) is 113 Å². The van der Waals surface area contributed by atoms with Crippen LogP contribution < -0.4 is 14.4 Å². The molecule has 11 nitrogen and oxygen atoms in total. The van der Waals surface area contributed by atoms with Gasteiger partial charge in [-0.2, -0.15) is 15.1 Å². The van der Waals surface area contributed by atoms with Gasteiger partial charge in [0.1, 0.15) is 23.7 Å². The molecule has 2 aliphatic rings. The second kappa shape index (κ2) is 10.5. The zero-order valence-electron chi connectivity index (χ0n) is 22.3. The number of hydrogen-bond donors (Lipinski definition) is 1. The van der Waals surface area contributed by atoms with Crippen molar-refractivity contribution in [3.63, 3.8) is 0 Å². The van der Waals surface area contributed by atoms with Crippen LogP contribution in [-0.4, -0.2) is 93.3 Å². The number of anilines is 1. The molecule has 11 heteroatoms. The highest BCUT2D eigenvalue weighted by Gasteiger charge is 2.26. The van der Waals surface area contributed by atoms with Crippen LogP contribution in [0.25, 0.3) is 21.8 Å². The molecule has 1 amide bonds. The normalized spacial score (nSPS) is 18.2. The Labute approximate surface area is 226 Å². The molecule has 2 fully saturated rings. The quantitative estimate of drug-likeness (QED) is 0.361. The summed E-state index contributed by atoms with van der Waals surface area (Å²) in [7, 11) is 2.12. The molecule has 0 saturated carbocycles. The molecule has 1 atom stereocenters. The second-order valence-corrected chi connectivity index (χ2v) is 10.1. The smallest absolute Gasteiger partial charge is 0.319 e. The van der Waals surface area contributed by atoms with Crippen LogP contribution in [0.1, 0.15) is 18.4 Å². The monoisotopic (exact) mass is 528 g/mol. The predicted molar refractivity (Wildman–Crippen MR) is 148 cm³/mol. The summed E-state index contributed by atoms with van der Waals surface area (Å²) < 4.78 is 12.6. The lowest BCUT2D eigenvalue weighted by atomic mass is 10.1. The second-order valence-electron chi connectivity index (χ2n) is 10.1. The van der Waals surface area contributed by atoms with Crippen molar-refractivity contribution in [1.82, 2.24) is 34.9 Å². The average Bonchev–Trinajstić information content (AvgIpc) is 3.61. The zero-order chi connectivity index (χ0) is 26.9. The standard InChI is InChI=1S/C28H32N8O3/c1-4-23(37)35-12-14-36(15-13-35)26-20-9-10-29-27(39-25-18(2)7-8-22-21(25)16-30-33-22)24(20)31-28(32-26)38-17-19-6-5-11-34(19)3/h4,7-10,16,19H,1,5-6,11-15,17H2,2-3H3,(H,30,33). The molecular formula is C28H32N8O3. The molecule has 202 valence electrons. The summed E-state index contributed by atoms with van der Waals surface area (Å²) in [5.41, 5.74) is 2.41. The fraction of sp³-hybridized carbons (Fsp3) is 0.393. The number of hydrogen-bond acceptors (Lipinski definition) is 9. The number of pyridine rings is 1. The maximum atomic E-state index is 12.1. The average molecular weight is 529 g/mol. The summed E-state index contributed by atoms with van der Waals surface area (Å²) in [6.07, 6.45) is 7.06. The van der Waals surface area contributed by atoms with Crippen LogP contribution in [0.2, 0.25) is 0 Å². The number of likely N-dealkylation sites (N-methyl/N-ethyl adjacent to an activating group) is 1. The van der Waals surface area contributed by atoms with Crippen LogP contribution in [0.3, 0.4) is 0 Å². The number of nitrogens with one attached hydrogen (secondary N) is 1. The highest BCUT2D eigenvalue weighted by Crippen LogP contribution is 2.37. The first kappa shape index (κ1) is 25.1. The summed E-state index contributed by atoms with van der Waals surface area (Å²) in [6, 6.07) is 6.48. The lowest BCUT2D eigenvalue weighted by Gasteiger charge is -2.35. The number of aryl methyl sites for hydroxylation is 1. The van der Waals surface area contributed by atoms with Crippen LogP contribution in [0.15, 0.2) is 43.2 Å². The van der Waals surface area contributed by atoms with E-state index in [2.05, 4.69) is 38.6 Å². The number of aromatic amines is 1. The van der Waals surface area contributed by atoms with E-state index < -0.39 is 0 Å². The Hall–Kier alpha value is -4.25. The number of H-pyrrole nitrogens is 1. The van der Waals surface area contributed by atoms with Crippen molar-refractivity contribution in [2.24, 2.45) is 0 Å². The molecule has 0 radical (unpaired) electrons. The number of fused-ring (bicyclic) bond motifs is 2. The van der Waals surface area contributed by atoms with Crippen molar-refractivity contribution >= 4 is 33.5 Å². The molecule has 0 bridgehead atoms. The third-order valence-electron chi connectivity index (χ3n) is 7.65. The van der Waals surface area contributed by atoms with Gasteiger partial charge in [-0.25, -0.2) is 4.98 Å². The fourth-order valence-corrected chi connectivity index (χ4v) is 5.34. The van der Waals surface area contributed by atoms with Gasteiger partial charge in [-0.3, -0.25) is 9.89 Å². The van der Waals surface area contributed by atoms with Gasteiger partial charge in [-0.1, -0.05) is 12.6 Å². The van der Waals surface area contributed by atoms with Crippen LogP contribution in [-0.2, 0) is 4.79 Å². The van der Waals surface area contributed by atoms with E-state index in [9.17, 15) is 4.79 Å². The Morgan fingerprint density at radius 2 is 2.00 bits per heavy atom. The van der Waals surface area contributed by atoms with Crippen LogP contribution in [0.5, 0.6) is 17.6 Å². The van der Waals surface area contributed by atoms with E-state index in [4.69, 9.17) is 19.4 Å². The van der Waals surface area contributed by atoms with Gasteiger partial charge in [-0.05, 0) is 57.1 Å². The van der Waals surface area contributed by atoms with Gasteiger partial charge in [0.05, 0.1) is 22.5 Å². The van der Waals surface area contributed by atoms with Crippen LogP contribution in [0.4, 0.5) is 5.82 Å². The van der Waals surface area contributed by atoms with Crippen molar-refractivity contribution in [2.45, 2.75) is 25.8 Å². The summed E-state index contributed by atoms with van der Waals surface area (Å²) in [5, 5.41) is 8.85. The third kappa shape index (κ3) is 4.85. The number of piperazine rings is 1. The number of likely N-dealkylation sites (tertiary alicyclic amines) is 1. The van der Waals surface area contributed by atoms with Gasteiger partial charge >= 0.3 is 6.01 Å². The molecule has 39 heavy (non-hydrogen) atoms. The molecule has 1 N–H and O–H groups in total. The number of aromatic nitrogens is 5. The molecular weight excluding hydrogens is 496 g/mol. The Bertz CT molecular complexity index is 1530. The lowest BCUT2D eigenvalue weighted by molar-refractivity contribution is -0.126. The summed E-state index contributed by atoms with van der Waals surface area (Å²) >= 11 is 0. The van der Waals surface area contributed by atoms with Gasteiger partial charge in [0, 0.05) is 38.4 Å². The zero-order valence-corrected chi connectivity index (χ0v) is 22.3. The summed E-state index contributed by atoms with van der Waals surface area (Å²) in [4.78, 5) is 32.6. The van der Waals surface area contributed by atoms with E-state index in [0.717, 1.165) is 47.1 Å². The van der Waals surface area contributed by atoms with Crippen LogP contribution >= 0.6 is 0 Å². The third-order valence-corrected chi connectivity index (χ3v) is 7.65. The van der Waals surface area contributed by atoms with Crippen molar-refractivity contribution < 1.29 is 14.3 Å². The predicted octanol–water partition coefficient (Wildman–Crippen LogP) is 3.31. The highest BCUT2D eigenvalue weighted by molar-refractivity contribution is 5.94. The Morgan fingerprint density at radius 3 is 2.77 bits per heavy atom. The molecule has 0 aliphatic carbocycles. The molecule has 5 heterocycles. The maximum absolute atomic E-state index is 12.1. The number of benzene rings is 1. The van der Waals surface area contributed by atoms with E-state index in [0.29, 0.717) is 62.0 Å². The van der Waals surface area contributed by atoms with E-state index in [1.165, 1.54) is 6.08 Å². The largest absolute Gasteiger partial charge is 0.462 e. The molecule has 6 rings (SSSR count). The Morgan fingerprint density at radius 1 is 1.15 bits per heavy atom. The van der Waals surface area contributed by atoms with Gasteiger partial charge in [0.25, 0.3) is 0 Å². The molecule has 2 aliphatic heterocycles. The first-order valence-electron chi connectivity index (χ1n) is 13.3. The van der Waals surface area contributed by atoms with Crippen molar-refractivity contribution in [1.29, 1.82) is 0 Å². The van der Waals surface area contributed by atoms with Crippen molar-refractivity contribution in [2.75, 3.05) is 51.3 Å². The van der Waals surface area contributed by atoms with E-state index in [-0.39, 0.29) is 5.91 Å². The maximum Gasteiger partial charge on any atom is 0.319 e. The minimum absolute atomic E-state index is 0.0596. The SMILES string of the molecule is C=CC(=O)N1CCN(c2nc(OCC3CCCN3C)nc3c(Oc4c(C)ccc5[nH]ncc45)nccc23)CC1. The Balaban J connectivity index is 1.38. The lowest BCUT2D eigenvalue weighted by Crippen LogP contribution is -2.48. The van der Waals surface area contributed by atoms with Crippen molar-refractivity contribution in [3.05, 3.63) is 48.8 Å². The van der Waals surface area contributed by atoms with Crippen LogP contribution in [0, 0.1) is 6.92 Å². The summed E-state index contributed by atoms with van der Waals surface area (Å²) in [5.74, 6) is 1.73. The first-order valence-corrected chi connectivity index (χ1v) is 13.3. The Kier molecular flexibility index (Phi) is 6.74. The molecule has 1 aromatic carbocycles.